The predicted octanol–water partition coefficient (Wildman–Crippen LogP) is 2.24. The molecule has 3 rings (SSSR count). The minimum absolute atomic E-state index is 0.290. The van der Waals surface area contributed by atoms with Gasteiger partial charge in [-0.3, -0.25) is 4.98 Å². The summed E-state index contributed by atoms with van der Waals surface area (Å²) in [6.07, 6.45) is 3.58. The van der Waals surface area contributed by atoms with E-state index in [1.165, 1.54) is 0 Å². The van der Waals surface area contributed by atoms with E-state index in [0.29, 0.717) is 6.54 Å². The fourth-order valence-electron chi connectivity index (χ4n) is 2.19. The third kappa shape index (κ3) is 1.71. The van der Waals surface area contributed by atoms with E-state index < -0.39 is 0 Å². The summed E-state index contributed by atoms with van der Waals surface area (Å²) in [6.45, 7) is 2.81. The Morgan fingerprint density at radius 1 is 1.22 bits per heavy atom. The molecule has 1 aliphatic rings. The van der Waals surface area contributed by atoms with Gasteiger partial charge in [0, 0.05) is 18.9 Å². The largest absolute Gasteiger partial charge is 0.454 e. The molecule has 0 amide bonds. The maximum Gasteiger partial charge on any atom is 0.231 e. The van der Waals surface area contributed by atoms with Gasteiger partial charge in [-0.05, 0) is 47.4 Å². The smallest absolute Gasteiger partial charge is 0.231 e. The molecule has 0 aliphatic carbocycles. The quantitative estimate of drug-likeness (QED) is 0.877. The number of aromatic nitrogens is 1. The number of ether oxygens (including phenoxy) is 2. The van der Waals surface area contributed by atoms with Crippen LogP contribution < -0.4 is 15.2 Å². The van der Waals surface area contributed by atoms with Crippen LogP contribution in [0.4, 0.5) is 0 Å². The maximum absolute atomic E-state index is 5.75. The van der Waals surface area contributed by atoms with E-state index in [1.807, 2.05) is 18.2 Å². The van der Waals surface area contributed by atoms with Crippen molar-refractivity contribution in [3.8, 4) is 22.6 Å². The molecule has 4 nitrogen and oxygen atoms in total. The average Bonchev–Trinajstić information content (AvgIpc) is 2.84. The van der Waals surface area contributed by atoms with Crippen molar-refractivity contribution >= 4 is 0 Å². The zero-order valence-corrected chi connectivity index (χ0v) is 10.1. The van der Waals surface area contributed by atoms with Crippen molar-refractivity contribution in [1.82, 2.24) is 4.98 Å². The summed E-state index contributed by atoms with van der Waals surface area (Å²) in [5.74, 6) is 1.59. The molecule has 0 fully saturated rings. The summed E-state index contributed by atoms with van der Waals surface area (Å²) in [6, 6.07) is 5.98. The second kappa shape index (κ2) is 4.31. The molecule has 2 aromatic rings. The highest BCUT2D eigenvalue weighted by molar-refractivity contribution is 5.73. The summed E-state index contributed by atoms with van der Waals surface area (Å²) in [5.41, 5.74) is 10.1. The monoisotopic (exact) mass is 242 g/mol. The highest BCUT2D eigenvalue weighted by Gasteiger charge is 2.17. The molecular weight excluding hydrogens is 228 g/mol. The Labute approximate surface area is 105 Å². The number of hydrogen-bond acceptors (Lipinski definition) is 4. The van der Waals surface area contributed by atoms with Gasteiger partial charge in [-0.15, -0.1) is 0 Å². The van der Waals surface area contributed by atoms with Gasteiger partial charge in [0.05, 0.1) is 0 Å². The zero-order chi connectivity index (χ0) is 12.5. The van der Waals surface area contributed by atoms with Gasteiger partial charge in [-0.25, -0.2) is 0 Å². The lowest BCUT2D eigenvalue weighted by molar-refractivity contribution is 0.174. The first kappa shape index (κ1) is 11.0. The molecular formula is C14H14N2O2. The van der Waals surface area contributed by atoms with E-state index in [4.69, 9.17) is 15.2 Å². The van der Waals surface area contributed by atoms with Crippen LogP contribution in [0, 0.1) is 6.92 Å². The predicted molar refractivity (Wildman–Crippen MR) is 68.4 cm³/mol. The Bertz CT molecular complexity index is 596. The minimum Gasteiger partial charge on any atom is -0.454 e. The topological polar surface area (TPSA) is 57.4 Å². The Kier molecular flexibility index (Phi) is 2.64. The van der Waals surface area contributed by atoms with Gasteiger partial charge in [0.1, 0.15) is 0 Å². The zero-order valence-electron chi connectivity index (χ0n) is 10.1. The maximum atomic E-state index is 5.75. The van der Waals surface area contributed by atoms with Crippen LogP contribution in [0.3, 0.4) is 0 Å². The Balaban J connectivity index is 2.17. The minimum atomic E-state index is 0.290. The van der Waals surface area contributed by atoms with Crippen LogP contribution in [0.1, 0.15) is 11.1 Å². The third-order valence-corrected chi connectivity index (χ3v) is 3.13. The molecule has 2 N–H and O–H groups in total. The van der Waals surface area contributed by atoms with Gasteiger partial charge in [0.15, 0.2) is 11.5 Å². The van der Waals surface area contributed by atoms with Crippen LogP contribution in [0.25, 0.3) is 11.1 Å². The Morgan fingerprint density at radius 3 is 2.78 bits per heavy atom. The third-order valence-electron chi connectivity index (χ3n) is 3.13. The molecule has 92 valence electrons. The number of pyridine rings is 1. The van der Waals surface area contributed by atoms with Crippen LogP contribution in [-0.4, -0.2) is 11.8 Å². The SMILES string of the molecule is Cc1cc2c(cc1-c1ccncc1CN)OCO2. The van der Waals surface area contributed by atoms with Crippen molar-refractivity contribution in [3.05, 3.63) is 41.7 Å². The molecule has 1 aliphatic heterocycles. The number of aryl methyl sites for hydroxylation is 1. The fraction of sp³-hybridized carbons (Fsp3) is 0.214. The van der Waals surface area contributed by atoms with Crippen LogP contribution >= 0.6 is 0 Å². The lowest BCUT2D eigenvalue weighted by Gasteiger charge is -2.11. The highest BCUT2D eigenvalue weighted by Crippen LogP contribution is 2.39. The number of nitrogens with two attached hydrogens (primary N) is 1. The summed E-state index contributed by atoms with van der Waals surface area (Å²) < 4.78 is 10.8. The van der Waals surface area contributed by atoms with E-state index >= 15 is 0 Å². The Morgan fingerprint density at radius 2 is 2.00 bits per heavy atom. The summed E-state index contributed by atoms with van der Waals surface area (Å²) in [4.78, 5) is 4.11. The van der Waals surface area contributed by atoms with Crippen LogP contribution in [0.15, 0.2) is 30.6 Å². The number of rotatable bonds is 2. The number of fused-ring (bicyclic) bond motifs is 1. The molecule has 0 atom stereocenters. The van der Waals surface area contributed by atoms with Gasteiger partial charge < -0.3 is 15.2 Å². The molecule has 0 saturated heterocycles. The summed E-state index contributed by atoms with van der Waals surface area (Å²) in [7, 11) is 0. The second-order valence-corrected chi connectivity index (χ2v) is 4.26. The normalized spacial score (nSPS) is 12.8. The first-order chi connectivity index (χ1) is 8.79. The first-order valence-electron chi connectivity index (χ1n) is 5.83. The molecule has 0 bridgehead atoms. The standard InChI is InChI=1S/C14H14N2O2/c1-9-4-13-14(18-8-17-13)5-12(9)11-2-3-16-7-10(11)6-15/h2-5,7H,6,8,15H2,1H3. The average molecular weight is 242 g/mol. The van der Waals surface area contributed by atoms with E-state index in [-0.39, 0.29) is 6.79 Å². The molecule has 18 heavy (non-hydrogen) atoms. The molecule has 1 aromatic heterocycles. The first-order valence-corrected chi connectivity index (χ1v) is 5.83. The molecule has 2 heterocycles. The highest BCUT2D eigenvalue weighted by atomic mass is 16.7. The van der Waals surface area contributed by atoms with Gasteiger partial charge in [0.2, 0.25) is 6.79 Å². The van der Waals surface area contributed by atoms with Gasteiger partial charge in [-0.1, -0.05) is 0 Å². The lowest BCUT2D eigenvalue weighted by atomic mass is 9.97. The number of benzene rings is 1. The number of nitrogens with zero attached hydrogens (tertiary/aromatic N) is 1. The summed E-state index contributed by atoms with van der Waals surface area (Å²) in [5, 5.41) is 0. The van der Waals surface area contributed by atoms with E-state index in [1.54, 1.807) is 12.4 Å². The van der Waals surface area contributed by atoms with Crippen molar-refractivity contribution < 1.29 is 9.47 Å². The van der Waals surface area contributed by atoms with Crippen molar-refractivity contribution in [2.75, 3.05) is 6.79 Å². The second-order valence-electron chi connectivity index (χ2n) is 4.26. The molecule has 0 saturated carbocycles. The van der Waals surface area contributed by atoms with Gasteiger partial charge in [0.25, 0.3) is 0 Å². The Hall–Kier alpha value is -2.07. The van der Waals surface area contributed by atoms with Crippen LogP contribution in [0.5, 0.6) is 11.5 Å². The van der Waals surface area contributed by atoms with Crippen LogP contribution in [0.2, 0.25) is 0 Å². The van der Waals surface area contributed by atoms with Crippen molar-refractivity contribution in [2.24, 2.45) is 5.73 Å². The van der Waals surface area contributed by atoms with Crippen LogP contribution in [-0.2, 0) is 6.54 Å². The lowest BCUT2D eigenvalue weighted by Crippen LogP contribution is -2.00. The molecule has 4 heteroatoms. The fourth-order valence-corrected chi connectivity index (χ4v) is 2.19. The van der Waals surface area contributed by atoms with Crippen molar-refractivity contribution in [1.29, 1.82) is 0 Å². The van der Waals surface area contributed by atoms with Gasteiger partial charge in [-0.2, -0.15) is 0 Å². The molecule has 0 radical (unpaired) electrons. The van der Waals surface area contributed by atoms with Crippen molar-refractivity contribution in [3.63, 3.8) is 0 Å². The number of hydrogen-bond donors (Lipinski definition) is 1. The van der Waals surface area contributed by atoms with Crippen molar-refractivity contribution in [2.45, 2.75) is 13.5 Å². The molecule has 1 aromatic carbocycles. The molecule has 0 spiro atoms. The van der Waals surface area contributed by atoms with E-state index in [0.717, 1.165) is 33.8 Å². The summed E-state index contributed by atoms with van der Waals surface area (Å²) >= 11 is 0. The van der Waals surface area contributed by atoms with E-state index in [9.17, 15) is 0 Å². The van der Waals surface area contributed by atoms with Gasteiger partial charge >= 0.3 is 0 Å². The van der Waals surface area contributed by atoms with E-state index in [2.05, 4.69) is 11.9 Å². The molecule has 0 unspecified atom stereocenters.